The van der Waals surface area contributed by atoms with E-state index in [1.54, 1.807) is 0 Å². The van der Waals surface area contributed by atoms with E-state index in [0.717, 1.165) is 18.2 Å². The Balaban J connectivity index is 1.51. The number of aliphatic carboxylic acids is 1. The first-order chi connectivity index (χ1) is 26.4. The average molecular weight is 797 g/mol. The molecular formula is C34H44N4O18. The van der Waals surface area contributed by atoms with Gasteiger partial charge in [-0.2, -0.15) is 0 Å². The summed E-state index contributed by atoms with van der Waals surface area (Å²) >= 11 is 0. The number of guanidine groups is 1. The van der Waals surface area contributed by atoms with Crippen molar-refractivity contribution in [2.75, 3.05) is 13.2 Å². The number of carboxylic acid groups (broad SMARTS) is 1. The lowest BCUT2D eigenvalue weighted by Crippen LogP contribution is -2.61. The lowest BCUT2D eigenvalue weighted by molar-refractivity contribution is -0.318. The van der Waals surface area contributed by atoms with Gasteiger partial charge in [-0.3, -0.25) is 14.6 Å². The predicted molar refractivity (Wildman–Crippen MR) is 188 cm³/mol. The summed E-state index contributed by atoms with van der Waals surface area (Å²) in [6.07, 6.45) is -16.6. The molecular weight excluding hydrogens is 752 g/mol. The second kappa shape index (κ2) is 17.4. The van der Waals surface area contributed by atoms with Crippen molar-refractivity contribution in [3.05, 3.63) is 40.1 Å². The molecule has 0 spiro atoms. The van der Waals surface area contributed by atoms with Crippen molar-refractivity contribution >= 4 is 22.9 Å². The number of benzene rings is 2. The number of carboxylic acids is 1. The van der Waals surface area contributed by atoms with Crippen LogP contribution in [0.3, 0.4) is 0 Å². The number of fused-ring (bicyclic) bond motifs is 1. The van der Waals surface area contributed by atoms with E-state index in [1.165, 1.54) is 13.0 Å². The van der Waals surface area contributed by atoms with Crippen molar-refractivity contribution in [3.63, 3.8) is 0 Å². The van der Waals surface area contributed by atoms with E-state index in [1.807, 2.05) is 0 Å². The van der Waals surface area contributed by atoms with Crippen LogP contribution in [0.2, 0.25) is 0 Å². The van der Waals surface area contributed by atoms with E-state index >= 15 is 0 Å². The number of carbonyl (C=O) groups is 1. The molecule has 56 heavy (non-hydrogen) atoms. The molecule has 3 aromatic rings. The third-order valence-corrected chi connectivity index (χ3v) is 9.33. The second-order valence-corrected chi connectivity index (χ2v) is 13.3. The highest BCUT2D eigenvalue weighted by Crippen LogP contribution is 2.41. The number of phenols is 4. The van der Waals surface area contributed by atoms with Crippen LogP contribution in [0.15, 0.2) is 38.5 Å². The molecule has 1 aromatic heterocycles. The number of nitrogens with zero attached hydrogens (tertiary/aromatic N) is 1. The Morgan fingerprint density at radius 2 is 1.55 bits per heavy atom. The highest BCUT2D eigenvalue weighted by atomic mass is 16.7. The largest absolute Gasteiger partial charge is 0.507 e. The smallest absolute Gasteiger partial charge is 0.320 e. The number of nitrogens with one attached hydrogen (secondary N) is 1. The van der Waals surface area contributed by atoms with Crippen molar-refractivity contribution < 1.29 is 84.3 Å². The van der Waals surface area contributed by atoms with Crippen molar-refractivity contribution in [2.24, 2.45) is 16.5 Å². The summed E-state index contributed by atoms with van der Waals surface area (Å²) in [6, 6.07) is 2.74. The predicted octanol–water partition coefficient (Wildman–Crippen LogP) is -3.09. The summed E-state index contributed by atoms with van der Waals surface area (Å²) in [5.74, 6) is -5.53. The van der Waals surface area contributed by atoms with Crippen molar-refractivity contribution in [1.29, 1.82) is 0 Å². The first kappa shape index (κ1) is 42.1. The zero-order chi connectivity index (χ0) is 41.2. The Morgan fingerprint density at radius 1 is 0.875 bits per heavy atom. The molecule has 0 radical (unpaired) electrons. The first-order valence-electron chi connectivity index (χ1n) is 17.2. The fourth-order valence-electron chi connectivity index (χ4n) is 6.15. The molecule has 16 N–H and O–H groups in total. The van der Waals surface area contributed by atoms with Gasteiger partial charge in [0.15, 0.2) is 35.1 Å². The van der Waals surface area contributed by atoms with Gasteiger partial charge < -0.3 is 96.3 Å². The van der Waals surface area contributed by atoms with E-state index in [2.05, 4.69) is 10.3 Å². The lowest BCUT2D eigenvalue weighted by atomic mass is 9.98. The van der Waals surface area contributed by atoms with E-state index in [9.17, 15) is 65.8 Å². The van der Waals surface area contributed by atoms with E-state index in [-0.39, 0.29) is 36.5 Å². The Hall–Kier alpha value is -5.01. The van der Waals surface area contributed by atoms with Crippen molar-refractivity contribution in [1.82, 2.24) is 5.32 Å². The highest BCUT2D eigenvalue weighted by molar-refractivity contribution is 5.91. The molecule has 2 fully saturated rings. The molecule has 2 aliphatic rings. The maximum atomic E-state index is 14.3. The van der Waals surface area contributed by atoms with Crippen LogP contribution in [0, 0.1) is 0 Å². The van der Waals surface area contributed by atoms with E-state index < -0.39 is 137 Å². The number of aliphatic imine (C=N–C) groups is 1. The Kier molecular flexibility index (Phi) is 13.1. The minimum Gasteiger partial charge on any atom is -0.507 e. The standard InChI is InChI=1S/C34H44N4O18/c1-11-21(43)24(46)26(48)32(53-11)52-10-19-22(44)25(47)27(49)33(54-19)56-30-23(45)20-18(42)8-16(40)13(9-38-14(31(50)51)3-2-6-37-34(35)36)29(20)55-28(30)12-4-5-15(39)17(41)7-12/h4-5,7-8,11,14,19,21-22,24-27,32-33,38-44,46-49H,2-3,6,9-10H2,1H3,(H,50,51)(H4,35,36,37)/t11?,14-,19?,21-,22+,24?,25?,26?,27?,32+,33-/m1/s1. The van der Waals surface area contributed by atoms with Crippen LogP contribution in [-0.4, -0.2) is 149 Å². The lowest BCUT2D eigenvalue weighted by Gasteiger charge is -2.42. The summed E-state index contributed by atoms with van der Waals surface area (Å²) in [7, 11) is 0. The summed E-state index contributed by atoms with van der Waals surface area (Å²) in [4.78, 5) is 30.1. The quantitative estimate of drug-likeness (QED) is 0.0333. The molecule has 308 valence electrons. The van der Waals surface area contributed by atoms with Gasteiger partial charge in [0, 0.05) is 24.7 Å². The van der Waals surface area contributed by atoms with Gasteiger partial charge >= 0.3 is 5.97 Å². The van der Waals surface area contributed by atoms with Crippen LogP contribution >= 0.6 is 0 Å². The summed E-state index contributed by atoms with van der Waals surface area (Å²) in [5, 5.41) is 117. The molecule has 0 bridgehead atoms. The molecule has 5 rings (SSSR count). The fraction of sp³-hybridized carbons (Fsp3) is 0.500. The van der Waals surface area contributed by atoms with Gasteiger partial charge in [0.25, 0.3) is 0 Å². The van der Waals surface area contributed by atoms with E-state index in [0.29, 0.717) is 0 Å². The molecule has 3 heterocycles. The fourth-order valence-corrected chi connectivity index (χ4v) is 6.15. The Morgan fingerprint density at radius 3 is 2.21 bits per heavy atom. The van der Waals surface area contributed by atoms with Gasteiger partial charge in [-0.15, -0.1) is 0 Å². The minimum atomic E-state index is -2.07. The molecule has 2 aromatic carbocycles. The molecule has 22 heteroatoms. The van der Waals surface area contributed by atoms with Crippen molar-refractivity contribution in [3.8, 4) is 40.1 Å². The Labute approximate surface area is 316 Å². The Bertz CT molecular complexity index is 1970. The van der Waals surface area contributed by atoms with Crippen LogP contribution in [0.5, 0.6) is 28.7 Å². The van der Waals surface area contributed by atoms with Gasteiger partial charge in [0.05, 0.1) is 18.3 Å². The zero-order valence-electron chi connectivity index (χ0n) is 29.6. The monoisotopic (exact) mass is 796 g/mol. The third-order valence-electron chi connectivity index (χ3n) is 9.33. The van der Waals surface area contributed by atoms with Crippen molar-refractivity contribution in [2.45, 2.75) is 93.8 Å². The minimum absolute atomic E-state index is 0.0254. The molecule has 2 saturated heterocycles. The molecule has 0 saturated carbocycles. The number of ether oxygens (including phenoxy) is 4. The normalized spacial score (nSPS) is 28.5. The molecule has 2 aliphatic heterocycles. The average Bonchev–Trinajstić information content (AvgIpc) is 3.14. The topological polar surface area (TPSA) is 383 Å². The molecule has 0 aliphatic carbocycles. The zero-order valence-corrected chi connectivity index (χ0v) is 29.6. The molecule has 22 nitrogen and oxygen atoms in total. The van der Waals surface area contributed by atoms with Gasteiger partial charge in [-0.05, 0) is 38.0 Å². The SMILES string of the molecule is CC1O[C@H](OCC2O[C@H](Oc3c(-c4ccc(O)c(O)c4)oc4c(CN[C@H](CCCN=C(N)N)C(=O)O)c(O)cc(O)c4c3=O)C(O)C(O)[C@H]2O)C(O)C(O)[C@@H]1O. The van der Waals surface area contributed by atoms with Crippen LogP contribution < -0.4 is 26.9 Å². The van der Waals surface area contributed by atoms with Gasteiger partial charge in [0.2, 0.25) is 17.5 Å². The number of hydrogen-bond donors (Lipinski definition) is 14. The number of aliphatic hydroxyl groups excluding tert-OH is 6. The number of nitrogens with two attached hydrogens (primary N) is 2. The maximum absolute atomic E-state index is 14.3. The van der Waals surface area contributed by atoms with Crippen LogP contribution in [-0.2, 0) is 25.5 Å². The molecule has 6 unspecified atom stereocenters. The molecule has 0 amide bonds. The summed E-state index contributed by atoms with van der Waals surface area (Å²) in [5.41, 5.74) is 8.64. The summed E-state index contributed by atoms with van der Waals surface area (Å²) < 4.78 is 28.4. The molecule has 11 atom stereocenters. The number of phenolic OH excluding ortho intramolecular Hbond substituents is 4. The number of aromatic hydroxyl groups is 4. The first-order valence-corrected chi connectivity index (χ1v) is 17.2. The van der Waals surface area contributed by atoms with Gasteiger partial charge in [-0.1, -0.05) is 0 Å². The van der Waals surface area contributed by atoms with Crippen LogP contribution in [0.1, 0.15) is 25.3 Å². The van der Waals surface area contributed by atoms with Gasteiger partial charge in [-0.25, -0.2) is 0 Å². The van der Waals surface area contributed by atoms with Crippen LogP contribution in [0.4, 0.5) is 0 Å². The number of hydrogen-bond acceptors (Lipinski definition) is 19. The summed E-state index contributed by atoms with van der Waals surface area (Å²) in [6.45, 7) is 0.402. The van der Waals surface area contributed by atoms with Gasteiger partial charge in [0.1, 0.15) is 65.7 Å². The number of rotatable bonds is 14. The second-order valence-electron chi connectivity index (χ2n) is 13.3. The van der Waals surface area contributed by atoms with Crippen LogP contribution in [0.25, 0.3) is 22.3 Å². The number of aliphatic hydroxyl groups is 6. The van der Waals surface area contributed by atoms with E-state index in [4.69, 9.17) is 34.8 Å². The third kappa shape index (κ3) is 8.84. The maximum Gasteiger partial charge on any atom is 0.320 e. The highest BCUT2D eigenvalue weighted by Gasteiger charge is 2.48.